The highest BCUT2D eigenvalue weighted by molar-refractivity contribution is 6.30. The molecule has 25 heavy (non-hydrogen) atoms. The van der Waals surface area contributed by atoms with Crippen molar-refractivity contribution in [2.24, 2.45) is 0 Å². The lowest BCUT2D eigenvalue weighted by Gasteiger charge is -2.10. The fraction of sp³-hybridized carbons (Fsp3) is 0.125. The summed E-state index contributed by atoms with van der Waals surface area (Å²) < 4.78 is 43.0. The molecule has 2 aromatic carbocycles. The Morgan fingerprint density at radius 1 is 1.04 bits per heavy atom. The third kappa shape index (κ3) is 5.68. The molecule has 0 bridgehead atoms. The lowest BCUT2D eigenvalue weighted by molar-refractivity contribution is -0.137. The van der Waals surface area contributed by atoms with E-state index in [1.807, 2.05) is 10.9 Å². The first-order valence-corrected chi connectivity index (χ1v) is 7.28. The number of hydrogen-bond acceptors (Lipinski definition) is 3. The van der Waals surface area contributed by atoms with Gasteiger partial charge in [0.2, 0.25) is 0 Å². The average molecular weight is 373 g/mol. The van der Waals surface area contributed by atoms with Gasteiger partial charge in [-0.25, -0.2) is 0 Å². The van der Waals surface area contributed by atoms with Crippen molar-refractivity contribution in [1.29, 1.82) is 0 Å². The molecule has 2 aromatic rings. The van der Waals surface area contributed by atoms with Crippen LogP contribution in [0.5, 0.6) is 5.75 Å². The number of hydrazine groups is 1. The number of rotatable bonds is 4. The van der Waals surface area contributed by atoms with Crippen LogP contribution in [-0.2, 0) is 11.0 Å². The van der Waals surface area contributed by atoms with Crippen LogP contribution in [0.2, 0.25) is 5.02 Å². The van der Waals surface area contributed by atoms with Gasteiger partial charge in [0, 0.05) is 10.6 Å². The van der Waals surface area contributed by atoms with Gasteiger partial charge in [0.15, 0.2) is 6.61 Å². The van der Waals surface area contributed by atoms with Gasteiger partial charge >= 0.3 is 6.18 Å². The molecular weight excluding hydrogens is 361 g/mol. The summed E-state index contributed by atoms with van der Waals surface area (Å²) in [6, 6.07) is 10.1. The van der Waals surface area contributed by atoms with Gasteiger partial charge in [0.25, 0.3) is 11.8 Å². The summed E-state index contributed by atoms with van der Waals surface area (Å²) in [6.07, 6.45) is -4.56. The van der Waals surface area contributed by atoms with Crippen molar-refractivity contribution in [3.8, 4) is 5.75 Å². The van der Waals surface area contributed by atoms with Crippen LogP contribution >= 0.6 is 11.6 Å². The fourth-order valence-corrected chi connectivity index (χ4v) is 1.88. The molecule has 0 aliphatic carbocycles. The molecule has 2 rings (SSSR count). The average Bonchev–Trinajstić information content (AvgIpc) is 2.58. The number of hydrogen-bond donors (Lipinski definition) is 2. The number of carbonyl (C=O) groups excluding carboxylic acids is 2. The Kier molecular flexibility index (Phi) is 5.87. The minimum atomic E-state index is -4.56. The predicted molar refractivity (Wildman–Crippen MR) is 84.0 cm³/mol. The molecule has 0 saturated carbocycles. The maximum Gasteiger partial charge on any atom is 0.416 e. The molecule has 2 amide bonds. The molecule has 0 aromatic heterocycles. The smallest absolute Gasteiger partial charge is 0.416 e. The fourth-order valence-electron chi connectivity index (χ4n) is 1.75. The van der Waals surface area contributed by atoms with Crippen LogP contribution in [0, 0.1) is 0 Å². The minimum Gasteiger partial charge on any atom is -0.484 e. The second kappa shape index (κ2) is 7.89. The van der Waals surface area contributed by atoms with Gasteiger partial charge in [-0.3, -0.25) is 20.4 Å². The lowest BCUT2D eigenvalue weighted by atomic mass is 10.1. The third-order valence-electron chi connectivity index (χ3n) is 2.95. The summed E-state index contributed by atoms with van der Waals surface area (Å²) in [5.41, 5.74) is 2.86. The summed E-state index contributed by atoms with van der Waals surface area (Å²) in [5, 5.41) is 0.505. The van der Waals surface area contributed by atoms with Gasteiger partial charge in [-0.2, -0.15) is 13.2 Å². The van der Waals surface area contributed by atoms with Crippen LogP contribution in [0.4, 0.5) is 13.2 Å². The normalized spacial score (nSPS) is 10.9. The van der Waals surface area contributed by atoms with Crippen molar-refractivity contribution in [2.75, 3.05) is 6.61 Å². The molecule has 0 fully saturated rings. The van der Waals surface area contributed by atoms with E-state index in [-0.39, 0.29) is 5.56 Å². The van der Waals surface area contributed by atoms with Gasteiger partial charge < -0.3 is 4.74 Å². The molecule has 5 nitrogen and oxygen atoms in total. The number of ether oxygens (including phenoxy) is 1. The van der Waals surface area contributed by atoms with Gasteiger partial charge in [0.05, 0.1) is 5.56 Å². The molecule has 0 unspecified atom stereocenters. The summed E-state index contributed by atoms with van der Waals surface area (Å²) >= 11 is 5.70. The molecule has 0 radical (unpaired) electrons. The van der Waals surface area contributed by atoms with E-state index >= 15 is 0 Å². The first-order chi connectivity index (χ1) is 11.8. The zero-order valence-corrected chi connectivity index (χ0v) is 13.3. The van der Waals surface area contributed by atoms with Crippen LogP contribution in [0.25, 0.3) is 0 Å². The highest BCUT2D eigenvalue weighted by Crippen LogP contribution is 2.29. The summed E-state index contributed by atoms with van der Waals surface area (Å²) in [7, 11) is 0. The minimum absolute atomic E-state index is 0.242. The number of amides is 2. The van der Waals surface area contributed by atoms with Crippen molar-refractivity contribution < 1.29 is 27.5 Å². The standard InChI is InChI=1S/C16H12ClF3N2O3/c17-12-4-6-13(7-5-12)25-9-14(23)21-22-15(24)10-2-1-3-11(8-10)16(18,19)20/h1-8H,9H2,(H,21,23)(H,22,24). The van der Waals surface area contributed by atoms with Gasteiger partial charge in [0.1, 0.15) is 5.75 Å². The second-order valence-electron chi connectivity index (χ2n) is 4.82. The van der Waals surface area contributed by atoms with Crippen molar-refractivity contribution in [3.05, 3.63) is 64.7 Å². The molecule has 0 aliphatic rings. The number of benzene rings is 2. The molecule has 9 heteroatoms. The summed E-state index contributed by atoms with van der Waals surface area (Å²) in [5.74, 6) is -1.18. The first kappa shape index (κ1) is 18.6. The summed E-state index contributed by atoms with van der Waals surface area (Å²) in [4.78, 5) is 23.4. The van der Waals surface area contributed by atoms with E-state index < -0.39 is 30.2 Å². The third-order valence-corrected chi connectivity index (χ3v) is 3.20. The largest absolute Gasteiger partial charge is 0.484 e. The van der Waals surface area contributed by atoms with Crippen molar-refractivity contribution in [3.63, 3.8) is 0 Å². The highest BCUT2D eigenvalue weighted by atomic mass is 35.5. The maximum atomic E-state index is 12.6. The Morgan fingerprint density at radius 2 is 1.72 bits per heavy atom. The van der Waals surface area contributed by atoms with E-state index in [9.17, 15) is 22.8 Å². The number of carbonyl (C=O) groups is 2. The van der Waals surface area contributed by atoms with Gasteiger partial charge in [-0.15, -0.1) is 0 Å². The zero-order valence-electron chi connectivity index (χ0n) is 12.6. The van der Waals surface area contributed by atoms with Crippen molar-refractivity contribution in [1.82, 2.24) is 10.9 Å². The van der Waals surface area contributed by atoms with Crippen LogP contribution in [-0.4, -0.2) is 18.4 Å². The van der Waals surface area contributed by atoms with E-state index in [0.717, 1.165) is 12.1 Å². The molecule has 0 heterocycles. The van der Waals surface area contributed by atoms with E-state index in [0.29, 0.717) is 16.8 Å². The monoisotopic (exact) mass is 372 g/mol. The van der Waals surface area contributed by atoms with Crippen LogP contribution in [0.1, 0.15) is 15.9 Å². The Hall–Kier alpha value is -2.74. The summed E-state index contributed by atoms with van der Waals surface area (Å²) in [6.45, 7) is -0.398. The molecule has 132 valence electrons. The van der Waals surface area contributed by atoms with E-state index in [1.165, 1.54) is 6.07 Å². The van der Waals surface area contributed by atoms with Crippen LogP contribution < -0.4 is 15.6 Å². The van der Waals surface area contributed by atoms with Crippen LogP contribution in [0.15, 0.2) is 48.5 Å². The Bertz CT molecular complexity index is 764. The number of alkyl halides is 3. The molecule has 0 spiro atoms. The first-order valence-electron chi connectivity index (χ1n) is 6.90. The number of halogens is 4. The molecule has 2 N–H and O–H groups in total. The van der Waals surface area contributed by atoms with E-state index in [4.69, 9.17) is 16.3 Å². The Balaban J connectivity index is 1.85. The van der Waals surface area contributed by atoms with E-state index in [2.05, 4.69) is 0 Å². The molecule has 0 aliphatic heterocycles. The van der Waals surface area contributed by atoms with Crippen LogP contribution in [0.3, 0.4) is 0 Å². The Morgan fingerprint density at radius 3 is 2.36 bits per heavy atom. The molecule has 0 atom stereocenters. The second-order valence-corrected chi connectivity index (χ2v) is 5.26. The SMILES string of the molecule is O=C(COc1ccc(Cl)cc1)NNC(=O)c1cccc(C(F)(F)F)c1. The van der Waals surface area contributed by atoms with Crippen molar-refractivity contribution in [2.45, 2.75) is 6.18 Å². The van der Waals surface area contributed by atoms with Gasteiger partial charge in [-0.05, 0) is 42.5 Å². The van der Waals surface area contributed by atoms with E-state index in [1.54, 1.807) is 24.3 Å². The Labute approximate surface area is 145 Å². The predicted octanol–water partition coefficient (Wildman–Crippen LogP) is 3.20. The van der Waals surface area contributed by atoms with Crippen molar-refractivity contribution >= 4 is 23.4 Å². The highest BCUT2D eigenvalue weighted by Gasteiger charge is 2.30. The molecule has 0 saturated heterocycles. The van der Waals surface area contributed by atoms with Gasteiger partial charge in [-0.1, -0.05) is 17.7 Å². The topological polar surface area (TPSA) is 67.4 Å². The zero-order chi connectivity index (χ0) is 18.4. The lowest BCUT2D eigenvalue weighted by Crippen LogP contribution is -2.43. The molecular formula is C16H12ClF3N2O3. The maximum absolute atomic E-state index is 12.6. The number of nitrogens with one attached hydrogen (secondary N) is 2. The quantitative estimate of drug-likeness (QED) is 0.810.